The zero-order valence-corrected chi connectivity index (χ0v) is 8.03. The Morgan fingerprint density at radius 1 is 1.38 bits per heavy atom. The molecule has 0 spiro atoms. The van der Waals surface area contributed by atoms with Crippen molar-refractivity contribution in [2.45, 2.75) is 31.9 Å². The normalized spacial score (nSPS) is 27.9. The summed E-state index contributed by atoms with van der Waals surface area (Å²) in [4.78, 5) is 0. The maximum absolute atomic E-state index is 5.84. The molecule has 0 saturated heterocycles. The predicted molar refractivity (Wildman–Crippen MR) is 52.9 cm³/mol. The SMILES string of the molecule is C[C@@H]1c2ccccc2O[C@@H]1[C@@H](C)N. The predicted octanol–water partition coefficient (Wildman–Crippen LogP) is 1.90. The Morgan fingerprint density at radius 3 is 2.69 bits per heavy atom. The summed E-state index contributed by atoms with van der Waals surface area (Å²) in [5.41, 5.74) is 7.12. The highest BCUT2D eigenvalue weighted by molar-refractivity contribution is 5.40. The highest BCUT2D eigenvalue weighted by Crippen LogP contribution is 2.38. The Balaban J connectivity index is 2.32. The number of para-hydroxylation sites is 1. The topological polar surface area (TPSA) is 35.2 Å². The molecule has 0 radical (unpaired) electrons. The van der Waals surface area contributed by atoms with Gasteiger partial charge in [-0.05, 0) is 13.0 Å². The Morgan fingerprint density at radius 2 is 2.08 bits per heavy atom. The number of ether oxygens (including phenoxy) is 1. The summed E-state index contributed by atoms with van der Waals surface area (Å²) in [6.07, 6.45) is 0.136. The van der Waals surface area contributed by atoms with Gasteiger partial charge in [0.05, 0.1) is 0 Å². The molecule has 70 valence electrons. The molecule has 0 aromatic heterocycles. The van der Waals surface area contributed by atoms with Gasteiger partial charge in [0.25, 0.3) is 0 Å². The minimum atomic E-state index is 0.0856. The van der Waals surface area contributed by atoms with Crippen molar-refractivity contribution in [3.63, 3.8) is 0 Å². The Hall–Kier alpha value is -1.02. The number of hydrogen-bond donors (Lipinski definition) is 1. The van der Waals surface area contributed by atoms with Crippen molar-refractivity contribution >= 4 is 0 Å². The van der Waals surface area contributed by atoms with E-state index >= 15 is 0 Å². The fraction of sp³-hybridized carbons (Fsp3) is 0.455. The average molecular weight is 177 g/mol. The second-order valence-electron chi connectivity index (χ2n) is 3.77. The van der Waals surface area contributed by atoms with E-state index in [1.165, 1.54) is 5.56 Å². The third kappa shape index (κ3) is 1.31. The molecule has 1 heterocycles. The molecule has 0 unspecified atom stereocenters. The van der Waals surface area contributed by atoms with Crippen molar-refractivity contribution in [2.75, 3.05) is 0 Å². The maximum atomic E-state index is 5.84. The highest BCUT2D eigenvalue weighted by atomic mass is 16.5. The van der Waals surface area contributed by atoms with E-state index in [-0.39, 0.29) is 12.1 Å². The van der Waals surface area contributed by atoms with E-state index in [2.05, 4.69) is 13.0 Å². The lowest BCUT2D eigenvalue weighted by molar-refractivity contribution is 0.185. The first-order valence-corrected chi connectivity index (χ1v) is 4.71. The molecule has 1 aliphatic rings. The molecule has 2 rings (SSSR count). The lowest BCUT2D eigenvalue weighted by Gasteiger charge is -2.18. The van der Waals surface area contributed by atoms with Gasteiger partial charge in [0.15, 0.2) is 0 Å². The highest BCUT2D eigenvalue weighted by Gasteiger charge is 2.32. The first-order chi connectivity index (χ1) is 6.20. The largest absolute Gasteiger partial charge is 0.488 e. The zero-order valence-electron chi connectivity index (χ0n) is 8.03. The first-order valence-electron chi connectivity index (χ1n) is 4.71. The fourth-order valence-corrected chi connectivity index (χ4v) is 1.95. The standard InChI is InChI=1S/C11H15NO/c1-7-9-5-3-4-6-10(9)13-11(7)8(2)12/h3-8,11H,12H2,1-2H3/t7-,8-,11+/m1/s1. The van der Waals surface area contributed by atoms with Crippen LogP contribution in [0.5, 0.6) is 5.75 Å². The van der Waals surface area contributed by atoms with Crippen molar-refractivity contribution in [3.8, 4) is 5.75 Å². The lowest BCUT2D eigenvalue weighted by atomic mass is 9.94. The van der Waals surface area contributed by atoms with Crippen LogP contribution in [-0.4, -0.2) is 12.1 Å². The van der Waals surface area contributed by atoms with Crippen molar-refractivity contribution in [1.29, 1.82) is 0 Å². The lowest BCUT2D eigenvalue weighted by Crippen LogP contribution is -2.36. The molecule has 2 nitrogen and oxygen atoms in total. The van der Waals surface area contributed by atoms with E-state index in [1.807, 2.05) is 25.1 Å². The molecule has 1 aromatic rings. The molecule has 0 aliphatic carbocycles. The van der Waals surface area contributed by atoms with E-state index in [0.717, 1.165) is 5.75 Å². The number of fused-ring (bicyclic) bond motifs is 1. The van der Waals surface area contributed by atoms with Crippen LogP contribution in [0.2, 0.25) is 0 Å². The van der Waals surface area contributed by atoms with E-state index in [4.69, 9.17) is 10.5 Å². The van der Waals surface area contributed by atoms with Gasteiger partial charge in [-0.25, -0.2) is 0 Å². The Kier molecular flexibility index (Phi) is 2.00. The molecular weight excluding hydrogens is 162 g/mol. The summed E-state index contributed by atoms with van der Waals surface area (Å²) in [5, 5.41) is 0. The summed E-state index contributed by atoms with van der Waals surface area (Å²) < 4.78 is 5.76. The second kappa shape index (κ2) is 3.04. The van der Waals surface area contributed by atoms with E-state index in [1.54, 1.807) is 0 Å². The van der Waals surface area contributed by atoms with Gasteiger partial charge in [0, 0.05) is 17.5 Å². The Bertz CT molecular complexity index is 309. The molecule has 0 saturated carbocycles. The van der Waals surface area contributed by atoms with Crippen LogP contribution < -0.4 is 10.5 Å². The average Bonchev–Trinajstić information content (AvgIpc) is 2.45. The molecular formula is C11H15NO. The van der Waals surface area contributed by atoms with Crippen molar-refractivity contribution in [1.82, 2.24) is 0 Å². The van der Waals surface area contributed by atoms with Gasteiger partial charge in [-0.2, -0.15) is 0 Å². The third-order valence-electron chi connectivity index (χ3n) is 2.68. The monoisotopic (exact) mass is 177 g/mol. The number of rotatable bonds is 1. The van der Waals surface area contributed by atoms with Crippen LogP contribution in [0.3, 0.4) is 0 Å². The molecule has 1 aliphatic heterocycles. The quantitative estimate of drug-likeness (QED) is 0.711. The van der Waals surface area contributed by atoms with Crippen molar-refractivity contribution in [2.24, 2.45) is 5.73 Å². The number of benzene rings is 1. The summed E-state index contributed by atoms with van der Waals surface area (Å²) in [5.74, 6) is 1.41. The fourth-order valence-electron chi connectivity index (χ4n) is 1.95. The molecule has 2 heteroatoms. The first kappa shape index (κ1) is 8.57. The van der Waals surface area contributed by atoms with Gasteiger partial charge in [-0.3, -0.25) is 0 Å². The second-order valence-corrected chi connectivity index (χ2v) is 3.77. The number of hydrogen-bond acceptors (Lipinski definition) is 2. The van der Waals surface area contributed by atoms with Gasteiger partial charge in [-0.15, -0.1) is 0 Å². The third-order valence-corrected chi connectivity index (χ3v) is 2.68. The molecule has 0 bridgehead atoms. The van der Waals surface area contributed by atoms with Gasteiger partial charge < -0.3 is 10.5 Å². The molecule has 13 heavy (non-hydrogen) atoms. The summed E-state index contributed by atoms with van der Waals surface area (Å²) >= 11 is 0. The van der Waals surface area contributed by atoms with Crippen LogP contribution in [0, 0.1) is 0 Å². The van der Waals surface area contributed by atoms with Crippen LogP contribution >= 0.6 is 0 Å². The van der Waals surface area contributed by atoms with Crippen LogP contribution in [0.4, 0.5) is 0 Å². The molecule has 0 amide bonds. The van der Waals surface area contributed by atoms with Crippen molar-refractivity contribution < 1.29 is 4.74 Å². The van der Waals surface area contributed by atoms with E-state index in [0.29, 0.717) is 5.92 Å². The van der Waals surface area contributed by atoms with Gasteiger partial charge in [0.1, 0.15) is 11.9 Å². The van der Waals surface area contributed by atoms with Gasteiger partial charge >= 0.3 is 0 Å². The van der Waals surface area contributed by atoms with E-state index in [9.17, 15) is 0 Å². The molecule has 3 atom stereocenters. The Labute approximate surface area is 78.7 Å². The zero-order chi connectivity index (χ0) is 9.42. The van der Waals surface area contributed by atoms with Crippen LogP contribution in [0.25, 0.3) is 0 Å². The molecule has 0 fully saturated rings. The molecule has 2 N–H and O–H groups in total. The van der Waals surface area contributed by atoms with Gasteiger partial charge in [0.2, 0.25) is 0 Å². The summed E-state index contributed by atoms with van der Waals surface area (Å²) in [6, 6.07) is 8.25. The maximum Gasteiger partial charge on any atom is 0.123 e. The summed E-state index contributed by atoms with van der Waals surface area (Å²) in [6.45, 7) is 4.16. The smallest absolute Gasteiger partial charge is 0.123 e. The van der Waals surface area contributed by atoms with Crippen LogP contribution in [0.15, 0.2) is 24.3 Å². The molecule has 1 aromatic carbocycles. The minimum Gasteiger partial charge on any atom is -0.488 e. The van der Waals surface area contributed by atoms with Crippen LogP contribution in [-0.2, 0) is 0 Å². The van der Waals surface area contributed by atoms with Gasteiger partial charge in [-0.1, -0.05) is 25.1 Å². The summed E-state index contributed by atoms with van der Waals surface area (Å²) in [7, 11) is 0. The minimum absolute atomic E-state index is 0.0856. The number of nitrogens with two attached hydrogens (primary N) is 1. The van der Waals surface area contributed by atoms with E-state index < -0.39 is 0 Å². The van der Waals surface area contributed by atoms with Crippen molar-refractivity contribution in [3.05, 3.63) is 29.8 Å². The van der Waals surface area contributed by atoms with Crippen LogP contribution in [0.1, 0.15) is 25.3 Å².